The van der Waals surface area contributed by atoms with Crippen LogP contribution in [-0.2, 0) is 0 Å². The summed E-state index contributed by atoms with van der Waals surface area (Å²) in [6.45, 7) is 4.24. The first-order valence-corrected chi connectivity index (χ1v) is 4.81. The van der Waals surface area contributed by atoms with E-state index in [1.54, 1.807) is 6.08 Å². The molecule has 0 aromatic carbocycles. The molecule has 0 aromatic rings. The van der Waals surface area contributed by atoms with Crippen molar-refractivity contribution in [2.24, 2.45) is 5.41 Å². The molecule has 0 atom stereocenters. The average molecular weight is 185 g/mol. The normalized spacial score (nSPS) is 26.1. The van der Waals surface area contributed by atoms with Gasteiger partial charge in [-0.3, -0.25) is 0 Å². The molecule has 2 bridgehead atoms. The van der Waals surface area contributed by atoms with Gasteiger partial charge in [0.2, 0.25) is 0 Å². The van der Waals surface area contributed by atoms with Gasteiger partial charge >= 0.3 is 0 Å². The zero-order chi connectivity index (χ0) is 11.8. The lowest BCUT2D eigenvalue weighted by molar-refractivity contribution is 0.567. The van der Waals surface area contributed by atoms with Crippen LogP contribution in [0.5, 0.6) is 0 Å². The van der Waals surface area contributed by atoms with Gasteiger partial charge in [-0.2, -0.15) is 0 Å². The Morgan fingerprint density at radius 1 is 1.29 bits per heavy atom. The molecule has 0 unspecified atom stereocenters. The lowest BCUT2D eigenvalue weighted by Crippen LogP contribution is -2.15. The third-order valence-electron chi connectivity index (χ3n) is 2.75. The van der Waals surface area contributed by atoms with Crippen LogP contribution in [0.1, 0.15) is 16.6 Å². The fourth-order valence-corrected chi connectivity index (χ4v) is 1.67. The average Bonchev–Trinajstić information content (AvgIpc) is 2.31. The van der Waals surface area contributed by atoms with Crippen molar-refractivity contribution in [2.45, 2.75) is 13.8 Å². The van der Waals surface area contributed by atoms with E-state index in [0.29, 0.717) is 12.4 Å². The summed E-state index contributed by atoms with van der Waals surface area (Å²) >= 11 is 0. The fourth-order valence-electron chi connectivity index (χ4n) is 1.67. The Morgan fingerprint density at radius 3 is 2.79 bits per heavy atom. The zero-order valence-corrected chi connectivity index (χ0v) is 8.54. The topological polar surface area (TPSA) is 0 Å². The van der Waals surface area contributed by atoms with Gasteiger partial charge in [-0.15, -0.1) is 0 Å². The predicted molar refractivity (Wildman–Crippen MR) is 61.7 cm³/mol. The van der Waals surface area contributed by atoms with Crippen molar-refractivity contribution >= 4 is 0 Å². The summed E-state index contributed by atoms with van der Waals surface area (Å²) in [7, 11) is 0. The van der Waals surface area contributed by atoms with Crippen molar-refractivity contribution in [3.05, 3.63) is 66.1 Å². The van der Waals surface area contributed by atoms with Crippen molar-refractivity contribution in [1.82, 2.24) is 0 Å². The van der Waals surface area contributed by atoms with Crippen LogP contribution in [0.4, 0.5) is 0 Å². The second-order valence-electron chi connectivity index (χ2n) is 4.02. The van der Waals surface area contributed by atoms with E-state index in [1.807, 2.05) is 36.5 Å². The van der Waals surface area contributed by atoms with Gasteiger partial charge in [-0.05, 0) is 37.6 Å². The summed E-state index contributed by atoms with van der Waals surface area (Å²) < 4.78 is 15.5. The maximum absolute atomic E-state index is 7.77. The summed E-state index contributed by atoms with van der Waals surface area (Å²) in [5.41, 5.74) is 2.08. The van der Waals surface area contributed by atoms with E-state index in [2.05, 4.69) is 13.8 Å². The summed E-state index contributed by atoms with van der Waals surface area (Å²) in [5, 5.41) is 0. The molecule has 0 saturated heterocycles. The molecule has 0 N–H and O–H groups in total. The Hall–Kier alpha value is -1.43. The summed E-state index contributed by atoms with van der Waals surface area (Å²) in [5.74, 6) is 0. The Kier molecular flexibility index (Phi) is 1.67. The van der Waals surface area contributed by atoms with E-state index < -0.39 is 0 Å². The van der Waals surface area contributed by atoms with Crippen LogP contribution < -0.4 is 0 Å². The second-order valence-corrected chi connectivity index (χ2v) is 4.02. The lowest BCUT2D eigenvalue weighted by atomic mass is 9.76. The molecule has 0 heterocycles. The van der Waals surface area contributed by atoms with Crippen molar-refractivity contribution in [1.29, 1.82) is 0 Å². The van der Waals surface area contributed by atoms with Crippen LogP contribution >= 0.6 is 0 Å². The third kappa shape index (κ3) is 1.48. The number of hydrogen-bond donors (Lipinski definition) is 0. The van der Waals surface area contributed by atoms with Gasteiger partial charge in [-0.25, -0.2) is 0 Å². The van der Waals surface area contributed by atoms with Crippen molar-refractivity contribution in [3.63, 3.8) is 0 Å². The molecule has 0 spiro atoms. The van der Waals surface area contributed by atoms with Gasteiger partial charge in [0.1, 0.15) is 0 Å². The Labute approximate surface area is 88.8 Å². The predicted octanol–water partition coefficient (Wildman–Crippen LogP) is 3.77. The summed E-state index contributed by atoms with van der Waals surface area (Å²) in [6, 6.07) is 0.384. The molecule has 0 radical (unpaired) electrons. The van der Waals surface area contributed by atoms with E-state index in [1.165, 1.54) is 0 Å². The highest BCUT2D eigenvalue weighted by atomic mass is 14.3. The quantitative estimate of drug-likeness (QED) is 0.504. The minimum Gasteiger partial charge on any atom is -0.0607 e. The van der Waals surface area contributed by atoms with Crippen molar-refractivity contribution < 1.29 is 2.74 Å². The second kappa shape index (κ2) is 3.38. The SMILES string of the molecule is [2H]C1=C[C+]([2H])C=C2C=CC=CC(=C1)C2(C)C. The monoisotopic (exact) mass is 185 g/mol. The molecule has 0 saturated carbocycles. The van der Waals surface area contributed by atoms with E-state index in [4.69, 9.17) is 2.74 Å². The van der Waals surface area contributed by atoms with E-state index in [0.717, 1.165) is 11.1 Å². The molecule has 2 aliphatic carbocycles. The highest BCUT2D eigenvalue weighted by molar-refractivity contribution is 5.48. The molecule has 0 aromatic heterocycles. The number of rotatable bonds is 0. The van der Waals surface area contributed by atoms with Crippen LogP contribution in [0.2, 0.25) is 0 Å². The molecule has 14 heavy (non-hydrogen) atoms. The fraction of sp³-hybridized carbons (Fsp3) is 0.214. The molecule has 0 fully saturated rings. The van der Waals surface area contributed by atoms with E-state index in [-0.39, 0.29) is 5.41 Å². The van der Waals surface area contributed by atoms with Crippen LogP contribution in [0.15, 0.2) is 59.7 Å². The van der Waals surface area contributed by atoms with Crippen LogP contribution in [0, 0.1) is 11.8 Å². The van der Waals surface area contributed by atoms with Crippen LogP contribution in [-0.4, -0.2) is 0 Å². The maximum atomic E-state index is 7.77. The molecule has 0 heteroatoms. The molecule has 70 valence electrons. The first-order chi connectivity index (χ1) is 7.50. The third-order valence-corrected chi connectivity index (χ3v) is 2.75. The van der Waals surface area contributed by atoms with E-state index >= 15 is 0 Å². The Balaban J connectivity index is 2.65. The number of hydrogen-bond acceptors (Lipinski definition) is 0. The molecule has 2 aliphatic rings. The van der Waals surface area contributed by atoms with Gasteiger partial charge < -0.3 is 0 Å². The smallest absolute Gasteiger partial charge is 0.0607 e. The first kappa shape index (κ1) is 6.94. The largest absolute Gasteiger partial charge is 0.153 e. The van der Waals surface area contributed by atoms with Crippen molar-refractivity contribution in [2.75, 3.05) is 0 Å². The van der Waals surface area contributed by atoms with Crippen LogP contribution in [0.25, 0.3) is 0 Å². The van der Waals surface area contributed by atoms with Gasteiger partial charge in [0, 0.05) is 24.1 Å². The van der Waals surface area contributed by atoms with Gasteiger partial charge in [0.15, 0.2) is 2.74 Å². The number of fused-ring (bicyclic) bond motifs is 2. The highest BCUT2D eigenvalue weighted by Gasteiger charge is 2.30. The summed E-state index contributed by atoms with van der Waals surface area (Å²) in [4.78, 5) is 0. The Morgan fingerprint density at radius 2 is 2.00 bits per heavy atom. The first-order valence-electron chi connectivity index (χ1n) is 5.81. The van der Waals surface area contributed by atoms with Gasteiger partial charge in [0.25, 0.3) is 0 Å². The maximum Gasteiger partial charge on any atom is 0.153 e. The number of allylic oxidation sites excluding steroid dienone is 10. The minimum absolute atomic E-state index is 0.143. The highest BCUT2D eigenvalue weighted by Crippen LogP contribution is 2.38. The van der Waals surface area contributed by atoms with Gasteiger partial charge in [0.05, 0.1) is 11.5 Å². The molecule has 0 amide bonds. The van der Waals surface area contributed by atoms with E-state index in [9.17, 15) is 0 Å². The minimum atomic E-state index is -0.143. The molecular weight excluding hydrogens is 168 g/mol. The standard InChI is InChI=1S/C14H15/c1-14(2)12-8-4-3-5-9-13(14)11-7-6-10-12/h3-11H,1-2H3/q+1/i4D,5D. The molecule has 0 aliphatic heterocycles. The van der Waals surface area contributed by atoms with Crippen molar-refractivity contribution in [3.8, 4) is 0 Å². The summed E-state index contributed by atoms with van der Waals surface area (Å²) in [6.07, 6.45) is 13.7. The molecule has 0 nitrogen and oxygen atoms in total. The zero-order valence-electron chi connectivity index (χ0n) is 10.5. The Bertz CT molecular complexity index is 445. The van der Waals surface area contributed by atoms with Crippen LogP contribution in [0.3, 0.4) is 0 Å². The van der Waals surface area contributed by atoms with Gasteiger partial charge in [-0.1, -0.05) is 12.2 Å². The molecular formula is C14H15+. The lowest BCUT2D eigenvalue weighted by Gasteiger charge is -2.23. The molecule has 2 rings (SSSR count).